The van der Waals surface area contributed by atoms with E-state index >= 15 is 8.78 Å². The Bertz CT molecular complexity index is 1670. The van der Waals surface area contributed by atoms with Crippen LogP contribution >= 0.6 is 0 Å². The second-order valence-corrected chi connectivity index (χ2v) is 10.2. The Hall–Kier alpha value is -5.11. The molecular formula is C34H29F2N3O3. The fraction of sp³-hybridized carbons (Fsp3) is 0.147. The van der Waals surface area contributed by atoms with E-state index in [1.54, 1.807) is 54.6 Å². The summed E-state index contributed by atoms with van der Waals surface area (Å²) in [6, 6.07) is 29.6. The summed E-state index contributed by atoms with van der Waals surface area (Å²) >= 11 is 0. The van der Waals surface area contributed by atoms with Gasteiger partial charge in [-0.05, 0) is 47.5 Å². The molecule has 8 heteroatoms. The molecule has 0 aliphatic carbocycles. The number of carbonyl (C=O) groups excluding carboxylic acids is 3. The van der Waals surface area contributed by atoms with Crippen LogP contribution in [-0.4, -0.2) is 49.2 Å². The van der Waals surface area contributed by atoms with Crippen LogP contribution < -0.4 is 10.2 Å². The van der Waals surface area contributed by atoms with Crippen molar-refractivity contribution in [1.82, 2.24) is 4.90 Å². The number of likely N-dealkylation sites (N-methyl/N-ethyl adjacent to an activating group) is 1. The normalized spacial score (nSPS) is 15.0. The predicted octanol–water partition coefficient (Wildman–Crippen LogP) is 6.76. The van der Waals surface area contributed by atoms with E-state index in [1.807, 2.05) is 42.5 Å². The fourth-order valence-corrected chi connectivity index (χ4v) is 4.89. The van der Waals surface area contributed by atoms with Gasteiger partial charge in [0, 0.05) is 61.1 Å². The Morgan fingerprint density at radius 1 is 0.810 bits per heavy atom. The average molecular weight is 566 g/mol. The zero-order chi connectivity index (χ0) is 29.9. The number of hydrogen-bond donors (Lipinski definition) is 1. The van der Waals surface area contributed by atoms with Gasteiger partial charge in [-0.1, -0.05) is 66.7 Å². The minimum atomic E-state index is -3.32. The smallest absolute Gasteiger partial charge is 0.275 e. The molecule has 5 rings (SSSR count). The van der Waals surface area contributed by atoms with E-state index in [0.29, 0.717) is 16.9 Å². The molecule has 3 amide bonds. The number of halogens is 2. The van der Waals surface area contributed by atoms with E-state index in [-0.39, 0.29) is 23.6 Å². The van der Waals surface area contributed by atoms with E-state index in [4.69, 9.17) is 0 Å². The van der Waals surface area contributed by atoms with E-state index in [1.165, 1.54) is 30.0 Å². The highest BCUT2D eigenvalue weighted by Gasteiger charge is 2.41. The zero-order valence-electron chi connectivity index (χ0n) is 23.2. The summed E-state index contributed by atoms with van der Waals surface area (Å²) in [6.45, 7) is -0.245. The predicted molar refractivity (Wildman–Crippen MR) is 161 cm³/mol. The summed E-state index contributed by atoms with van der Waals surface area (Å²) in [6.07, 6.45) is 0.301. The van der Waals surface area contributed by atoms with Crippen LogP contribution in [0.3, 0.4) is 0 Å². The lowest BCUT2D eigenvalue weighted by atomic mass is 9.97. The topological polar surface area (TPSA) is 69.7 Å². The number of nitrogens with one attached hydrogen (secondary N) is 1. The first-order chi connectivity index (χ1) is 20.2. The Balaban J connectivity index is 1.39. The minimum absolute atomic E-state index is 0.129. The molecule has 0 fully saturated rings. The molecule has 0 unspecified atom stereocenters. The van der Waals surface area contributed by atoms with Crippen molar-refractivity contribution in [3.63, 3.8) is 0 Å². The number of benzene rings is 4. The highest BCUT2D eigenvalue weighted by Crippen LogP contribution is 2.43. The van der Waals surface area contributed by atoms with Crippen molar-refractivity contribution in [1.29, 1.82) is 0 Å². The van der Waals surface area contributed by atoms with Gasteiger partial charge in [-0.2, -0.15) is 0 Å². The third-order valence-corrected chi connectivity index (χ3v) is 7.13. The molecule has 0 radical (unpaired) electrons. The third kappa shape index (κ3) is 5.83. The van der Waals surface area contributed by atoms with Crippen molar-refractivity contribution in [3.8, 4) is 11.1 Å². The van der Waals surface area contributed by atoms with E-state index in [2.05, 4.69) is 5.32 Å². The van der Waals surface area contributed by atoms with E-state index in [0.717, 1.165) is 17.2 Å². The van der Waals surface area contributed by atoms with Crippen molar-refractivity contribution in [2.24, 2.45) is 0 Å². The van der Waals surface area contributed by atoms with Crippen LogP contribution in [0.25, 0.3) is 16.7 Å². The maximum Gasteiger partial charge on any atom is 0.275 e. The van der Waals surface area contributed by atoms with Crippen molar-refractivity contribution < 1.29 is 23.2 Å². The number of rotatable bonds is 5. The third-order valence-electron chi connectivity index (χ3n) is 7.13. The highest BCUT2D eigenvalue weighted by molar-refractivity contribution is 6.11. The van der Waals surface area contributed by atoms with Gasteiger partial charge in [-0.25, -0.2) is 8.78 Å². The molecule has 1 aliphatic heterocycles. The van der Waals surface area contributed by atoms with Crippen molar-refractivity contribution in [3.05, 3.63) is 126 Å². The van der Waals surface area contributed by atoms with Crippen LogP contribution in [0.2, 0.25) is 0 Å². The lowest BCUT2D eigenvalue weighted by Crippen LogP contribution is -2.33. The first-order valence-corrected chi connectivity index (χ1v) is 13.4. The molecule has 1 aliphatic rings. The Morgan fingerprint density at radius 3 is 2.12 bits per heavy atom. The summed E-state index contributed by atoms with van der Waals surface area (Å²) in [5, 5.41) is 2.88. The van der Waals surface area contributed by atoms with Gasteiger partial charge in [0.05, 0.1) is 5.69 Å². The summed E-state index contributed by atoms with van der Waals surface area (Å²) in [5.41, 5.74) is 2.97. The van der Waals surface area contributed by atoms with Crippen molar-refractivity contribution in [2.75, 3.05) is 30.9 Å². The monoisotopic (exact) mass is 565 g/mol. The largest absolute Gasteiger partial charge is 0.345 e. The summed E-state index contributed by atoms with van der Waals surface area (Å²) in [7, 11) is 2.98. The zero-order valence-corrected chi connectivity index (χ0v) is 23.2. The maximum atomic E-state index is 15.3. The summed E-state index contributed by atoms with van der Waals surface area (Å²) in [4.78, 5) is 41.7. The number of para-hydroxylation sites is 1. The van der Waals surface area contributed by atoms with Crippen molar-refractivity contribution in [2.45, 2.75) is 12.3 Å². The number of alkyl halides is 2. The minimum Gasteiger partial charge on any atom is -0.345 e. The first kappa shape index (κ1) is 28.4. The van der Waals surface area contributed by atoms with E-state index in [9.17, 15) is 14.4 Å². The number of anilines is 2. The number of amides is 3. The Labute approximate surface area is 242 Å². The summed E-state index contributed by atoms with van der Waals surface area (Å²) in [5.74, 6) is -4.65. The highest BCUT2D eigenvalue weighted by atomic mass is 19.3. The van der Waals surface area contributed by atoms with Gasteiger partial charge in [0.1, 0.15) is 0 Å². The van der Waals surface area contributed by atoms with Gasteiger partial charge in [-0.15, -0.1) is 0 Å². The van der Waals surface area contributed by atoms with Crippen LogP contribution in [0.5, 0.6) is 0 Å². The molecule has 1 N–H and O–H groups in total. The van der Waals surface area contributed by atoms with Gasteiger partial charge in [0.2, 0.25) is 5.91 Å². The molecular weight excluding hydrogens is 536 g/mol. The molecule has 1 heterocycles. The van der Waals surface area contributed by atoms with Crippen LogP contribution in [0.4, 0.5) is 20.2 Å². The van der Waals surface area contributed by atoms with Gasteiger partial charge < -0.3 is 15.1 Å². The molecule has 0 bridgehead atoms. The van der Waals surface area contributed by atoms with Gasteiger partial charge >= 0.3 is 0 Å². The van der Waals surface area contributed by atoms with Gasteiger partial charge in [-0.3, -0.25) is 14.4 Å². The molecule has 0 spiro atoms. The lowest BCUT2D eigenvalue weighted by Gasteiger charge is -2.23. The molecule has 0 atom stereocenters. The lowest BCUT2D eigenvalue weighted by molar-refractivity contribution is -0.123. The molecule has 0 saturated carbocycles. The molecule has 6 nitrogen and oxygen atoms in total. The molecule has 4 aromatic carbocycles. The molecule has 42 heavy (non-hydrogen) atoms. The Kier molecular flexibility index (Phi) is 7.97. The maximum absolute atomic E-state index is 15.3. The summed E-state index contributed by atoms with van der Waals surface area (Å²) < 4.78 is 30.6. The van der Waals surface area contributed by atoms with Gasteiger partial charge in [0.25, 0.3) is 17.7 Å². The van der Waals surface area contributed by atoms with Gasteiger partial charge in [0.15, 0.2) is 0 Å². The van der Waals surface area contributed by atoms with Crippen LogP contribution in [0, 0.1) is 0 Å². The van der Waals surface area contributed by atoms with Crippen molar-refractivity contribution >= 4 is 34.7 Å². The number of nitrogens with zero attached hydrogens (tertiary/aromatic N) is 2. The standard InChI is InChI=1S/C34H29F2N3O3/c1-38(2)31(40)22-29-28-14-8-9-15-30(28)39(21-20-34(29,35)36)33(42)24-16-18-25(19-17-24)37-32(41)27-13-7-6-12-26(27)23-10-4-3-5-11-23/h3-19,22H,20-21H2,1-2H3,(H,37,41)/b29-22-. The second-order valence-electron chi connectivity index (χ2n) is 10.2. The fourth-order valence-electron chi connectivity index (χ4n) is 4.89. The molecule has 0 aromatic heterocycles. The average Bonchev–Trinajstić information content (AvgIpc) is 3.11. The molecule has 4 aromatic rings. The number of carbonyl (C=O) groups is 3. The Morgan fingerprint density at radius 2 is 1.43 bits per heavy atom. The van der Waals surface area contributed by atoms with Crippen LogP contribution in [0.1, 0.15) is 32.7 Å². The SMILES string of the molecule is CN(C)C(=O)/C=C1/c2ccccc2N(C(=O)c2ccc(NC(=O)c3ccccc3-c3ccccc3)cc2)CCC1(F)F. The molecule has 212 valence electrons. The first-order valence-electron chi connectivity index (χ1n) is 13.4. The number of allylic oxidation sites excluding steroid dienone is 1. The number of fused-ring (bicyclic) bond motifs is 1. The van der Waals surface area contributed by atoms with Crippen LogP contribution in [0.15, 0.2) is 109 Å². The quantitative estimate of drug-likeness (QED) is 0.272. The molecule has 0 saturated heterocycles. The van der Waals surface area contributed by atoms with E-state index < -0.39 is 29.7 Å². The second kappa shape index (κ2) is 11.8. The number of hydrogen-bond acceptors (Lipinski definition) is 3. The van der Waals surface area contributed by atoms with Crippen LogP contribution in [-0.2, 0) is 4.79 Å².